The summed E-state index contributed by atoms with van der Waals surface area (Å²) in [7, 11) is 1.39. The molecule has 84 valence electrons. The molecule has 0 N–H and O–H groups in total. The quantitative estimate of drug-likeness (QED) is 0.743. The zero-order valence-corrected chi connectivity index (χ0v) is 10.4. The highest BCUT2D eigenvalue weighted by atomic mass is 79.9. The lowest BCUT2D eigenvalue weighted by atomic mass is 10.1. The Hall–Kier alpha value is -1.29. The molecule has 0 aromatic heterocycles. The second kappa shape index (κ2) is 4.70. The molecule has 0 atom stereocenters. The van der Waals surface area contributed by atoms with Crippen molar-refractivity contribution in [2.75, 3.05) is 13.7 Å². The Labute approximate surface area is 102 Å². The highest BCUT2D eigenvalue weighted by Crippen LogP contribution is 2.28. The van der Waals surface area contributed by atoms with E-state index in [1.54, 1.807) is 0 Å². The molecule has 0 saturated heterocycles. The van der Waals surface area contributed by atoms with Gasteiger partial charge in [-0.2, -0.15) is 0 Å². The second-order valence-corrected chi connectivity index (χ2v) is 4.36. The molecule has 0 amide bonds. The summed E-state index contributed by atoms with van der Waals surface area (Å²) in [4.78, 5) is 11.5. The van der Waals surface area contributed by atoms with Crippen LogP contribution >= 0.6 is 15.9 Å². The van der Waals surface area contributed by atoms with Crippen LogP contribution in [-0.2, 0) is 9.53 Å². The number of carbonyl (C=O) groups is 1. The van der Waals surface area contributed by atoms with E-state index in [4.69, 9.17) is 9.47 Å². The fraction of sp³-hybridized carbons (Fsp3) is 0.250. The minimum Gasteiger partial charge on any atom is -0.493 e. The van der Waals surface area contributed by atoms with Gasteiger partial charge in [0.15, 0.2) is 0 Å². The van der Waals surface area contributed by atoms with Crippen LogP contribution in [0.5, 0.6) is 5.75 Å². The third kappa shape index (κ3) is 2.27. The lowest BCUT2D eigenvalue weighted by Crippen LogP contribution is -2.06. The number of benzene rings is 1. The molecule has 2 rings (SSSR count). The van der Waals surface area contributed by atoms with Gasteiger partial charge in [-0.15, -0.1) is 0 Å². The van der Waals surface area contributed by atoms with Gasteiger partial charge in [-0.25, -0.2) is 4.79 Å². The Balaban J connectivity index is 2.42. The molecule has 1 aromatic carbocycles. The van der Waals surface area contributed by atoms with Crippen LogP contribution in [0.2, 0.25) is 0 Å². The number of hydrogen-bond acceptors (Lipinski definition) is 3. The Morgan fingerprint density at radius 1 is 1.50 bits per heavy atom. The summed E-state index contributed by atoms with van der Waals surface area (Å²) in [6.45, 7) is 0.496. The normalized spacial score (nSPS) is 14.2. The molecule has 0 saturated carbocycles. The standard InChI is InChI=1S/C12H11BrO3/c1-15-12(14)8-4-5-16-11-3-2-10(13)7-9(11)6-8/h2-3,6-7H,4-5H2,1H3. The average Bonchev–Trinajstić information content (AvgIpc) is 2.49. The molecule has 0 radical (unpaired) electrons. The first-order chi connectivity index (χ1) is 7.70. The van der Waals surface area contributed by atoms with Crippen molar-refractivity contribution in [3.05, 3.63) is 33.8 Å². The van der Waals surface area contributed by atoms with Crippen LogP contribution in [-0.4, -0.2) is 19.7 Å². The van der Waals surface area contributed by atoms with Crippen molar-refractivity contribution in [1.29, 1.82) is 0 Å². The van der Waals surface area contributed by atoms with Gasteiger partial charge in [-0.05, 0) is 24.3 Å². The monoisotopic (exact) mass is 282 g/mol. The summed E-state index contributed by atoms with van der Waals surface area (Å²) in [5.74, 6) is 0.499. The van der Waals surface area contributed by atoms with E-state index >= 15 is 0 Å². The molecule has 4 heteroatoms. The van der Waals surface area contributed by atoms with Crippen molar-refractivity contribution in [3.63, 3.8) is 0 Å². The van der Waals surface area contributed by atoms with Gasteiger partial charge >= 0.3 is 5.97 Å². The molecule has 16 heavy (non-hydrogen) atoms. The fourth-order valence-electron chi connectivity index (χ4n) is 1.59. The third-order valence-corrected chi connectivity index (χ3v) is 2.87. The highest BCUT2D eigenvalue weighted by Gasteiger charge is 2.15. The van der Waals surface area contributed by atoms with E-state index in [-0.39, 0.29) is 5.97 Å². The van der Waals surface area contributed by atoms with Gasteiger partial charge in [0.2, 0.25) is 0 Å². The van der Waals surface area contributed by atoms with Crippen molar-refractivity contribution < 1.29 is 14.3 Å². The number of methoxy groups -OCH3 is 1. The van der Waals surface area contributed by atoms with Crippen molar-refractivity contribution in [2.24, 2.45) is 0 Å². The van der Waals surface area contributed by atoms with Gasteiger partial charge in [0.25, 0.3) is 0 Å². The Kier molecular flexibility index (Phi) is 3.29. The topological polar surface area (TPSA) is 35.5 Å². The van der Waals surface area contributed by atoms with E-state index in [9.17, 15) is 4.79 Å². The molecule has 1 aliphatic heterocycles. The zero-order valence-electron chi connectivity index (χ0n) is 8.83. The summed E-state index contributed by atoms with van der Waals surface area (Å²) in [5.41, 5.74) is 1.53. The van der Waals surface area contributed by atoms with E-state index < -0.39 is 0 Å². The van der Waals surface area contributed by atoms with Crippen LogP contribution < -0.4 is 4.74 Å². The van der Waals surface area contributed by atoms with E-state index in [2.05, 4.69) is 15.9 Å². The fourth-order valence-corrected chi connectivity index (χ4v) is 1.97. The summed E-state index contributed by atoms with van der Waals surface area (Å²) < 4.78 is 11.2. The van der Waals surface area contributed by atoms with Crippen molar-refractivity contribution >= 4 is 28.0 Å². The van der Waals surface area contributed by atoms with Gasteiger partial charge in [-0.1, -0.05) is 15.9 Å². The average molecular weight is 283 g/mol. The maximum Gasteiger partial charge on any atom is 0.333 e. The van der Waals surface area contributed by atoms with E-state index in [0.717, 1.165) is 15.8 Å². The highest BCUT2D eigenvalue weighted by molar-refractivity contribution is 9.10. The first-order valence-electron chi connectivity index (χ1n) is 4.92. The minimum absolute atomic E-state index is 0.295. The van der Waals surface area contributed by atoms with Gasteiger partial charge < -0.3 is 9.47 Å². The number of rotatable bonds is 1. The molecule has 0 fully saturated rings. The molecular formula is C12H11BrO3. The Bertz CT molecular complexity index is 452. The number of halogens is 1. The number of esters is 1. The number of ether oxygens (including phenoxy) is 2. The maximum atomic E-state index is 11.5. The maximum absolute atomic E-state index is 11.5. The molecule has 0 aliphatic carbocycles. The number of carbonyl (C=O) groups excluding carboxylic acids is 1. The lowest BCUT2D eigenvalue weighted by molar-refractivity contribution is -0.136. The molecule has 3 nitrogen and oxygen atoms in total. The Morgan fingerprint density at radius 2 is 2.31 bits per heavy atom. The van der Waals surface area contributed by atoms with Gasteiger partial charge in [-0.3, -0.25) is 0 Å². The van der Waals surface area contributed by atoms with Gasteiger partial charge in [0.05, 0.1) is 13.7 Å². The second-order valence-electron chi connectivity index (χ2n) is 3.44. The molecule has 1 heterocycles. The Morgan fingerprint density at radius 3 is 3.06 bits per heavy atom. The van der Waals surface area contributed by atoms with Crippen LogP contribution in [0, 0.1) is 0 Å². The first kappa shape index (κ1) is 11.2. The van der Waals surface area contributed by atoms with E-state index in [1.165, 1.54) is 7.11 Å². The SMILES string of the molecule is COC(=O)C1=Cc2cc(Br)ccc2OCC1. The van der Waals surface area contributed by atoms with Crippen LogP contribution in [0.1, 0.15) is 12.0 Å². The summed E-state index contributed by atoms with van der Waals surface area (Å²) >= 11 is 3.39. The molecule has 1 aliphatic rings. The summed E-state index contributed by atoms with van der Waals surface area (Å²) in [6, 6.07) is 5.72. The van der Waals surface area contributed by atoms with Crippen LogP contribution in [0.3, 0.4) is 0 Å². The third-order valence-electron chi connectivity index (χ3n) is 2.38. The number of fused-ring (bicyclic) bond motifs is 1. The predicted molar refractivity (Wildman–Crippen MR) is 64.2 cm³/mol. The largest absolute Gasteiger partial charge is 0.493 e. The molecule has 1 aromatic rings. The zero-order chi connectivity index (χ0) is 11.5. The minimum atomic E-state index is -0.295. The summed E-state index contributed by atoms with van der Waals surface area (Å²) in [5, 5.41) is 0. The smallest absolute Gasteiger partial charge is 0.333 e. The van der Waals surface area contributed by atoms with E-state index in [0.29, 0.717) is 18.6 Å². The van der Waals surface area contributed by atoms with Crippen LogP contribution in [0.4, 0.5) is 0 Å². The molecule has 0 unspecified atom stereocenters. The van der Waals surface area contributed by atoms with Crippen LogP contribution in [0.15, 0.2) is 28.2 Å². The first-order valence-corrected chi connectivity index (χ1v) is 5.71. The molecule has 0 spiro atoms. The van der Waals surface area contributed by atoms with E-state index in [1.807, 2.05) is 24.3 Å². The van der Waals surface area contributed by atoms with Crippen LogP contribution in [0.25, 0.3) is 6.08 Å². The summed E-state index contributed by atoms with van der Waals surface area (Å²) in [6.07, 6.45) is 2.39. The predicted octanol–water partition coefficient (Wildman–Crippen LogP) is 2.79. The lowest BCUT2D eigenvalue weighted by Gasteiger charge is -2.05. The number of hydrogen-bond donors (Lipinski definition) is 0. The van der Waals surface area contributed by atoms with Gasteiger partial charge in [0.1, 0.15) is 5.75 Å². The van der Waals surface area contributed by atoms with Crippen molar-refractivity contribution in [2.45, 2.75) is 6.42 Å². The van der Waals surface area contributed by atoms with Crippen molar-refractivity contribution in [1.82, 2.24) is 0 Å². The molecule has 0 bridgehead atoms. The molecular weight excluding hydrogens is 272 g/mol. The van der Waals surface area contributed by atoms with Crippen molar-refractivity contribution in [3.8, 4) is 5.75 Å². The van der Waals surface area contributed by atoms with Gasteiger partial charge in [0, 0.05) is 22.0 Å².